The van der Waals surface area contributed by atoms with E-state index in [0.717, 1.165) is 10.6 Å². The summed E-state index contributed by atoms with van der Waals surface area (Å²) in [4.78, 5) is 27.1. The van der Waals surface area contributed by atoms with E-state index in [1.54, 1.807) is 24.3 Å². The molecule has 186 valence electrons. The molecule has 2 amide bonds. The average Bonchev–Trinajstić information content (AvgIpc) is 2.80. The van der Waals surface area contributed by atoms with Crippen molar-refractivity contribution in [3.8, 4) is 11.5 Å². The number of hydrogen-bond donors (Lipinski definition) is 1. The molecule has 1 atom stereocenters. The standard InChI is InChI=1S/C22H27Cl2N3O6S/c1-14(22(29)25-2)26(12-16-17(23)7-6-8-18(16)24)21(28)13-27(34(5,30)31)19-10-9-15(32-3)11-20(19)33-4/h6-11,14H,12-13H2,1-5H3,(H,25,29)/t14-/m0/s1. The normalized spacial score (nSPS) is 12.0. The van der Waals surface area contributed by atoms with Gasteiger partial charge in [0.05, 0.1) is 26.2 Å². The van der Waals surface area contributed by atoms with Crippen molar-refractivity contribution in [2.45, 2.75) is 19.5 Å². The first-order chi connectivity index (χ1) is 15.9. The summed E-state index contributed by atoms with van der Waals surface area (Å²) in [5, 5.41) is 3.12. The number of carbonyl (C=O) groups is 2. The van der Waals surface area contributed by atoms with Crippen molar-refractivity contribution in [1.29, 1.82) is 0 Å². The van der Waals surface area contributed by atoms with E-state index in [9.17, 15) is 18.0 Å². The minimum absolute atomic E-state index is 0.108. The maximum absolute atomic E-state index is 13.5. The third kappa shape index (κ3) is 6.46. The molecule has 0 fully saturated rings. The Bertz CT molecular complexity index is 1140. The fraction of sp³-hybridized carbons (Fsp3) is 0.364. The number of amides is 2. The monoisotopic (exact) mass is 531 g/mol. The molecule has 0 unspecified atom stereocenters. The van der Waals surface area contributed by atoms with Crippen molar-refractivity contribution >= 4 is 50.7 Å². The SMILES string of the molecule is CNC(=O)[C@H](C)N(Cc1c(Cl)cccc1Cl)C(=O)CN(c1ccc(OC)cc1OC)S(C)(=O)=O. The summed E-state index contributed by atoms with van der Waals surface area (Å²) in [5.41, 5.74) is 0.574. The van der Waals surface area contributed by atoms with Crippen molar-refractivity contribution in [3.05, 3.63) is 52.0 Å². The number of sulfonamides is 1. The Hall–Kier alpha value is -2.69. The molecule has 1 N–H and O–H groups in total. The van der Waals surface area contributed by atoms with Crippen LogP contribution in [0.5, 0.6) is 11.5 Å². The third-order valence-corrected chi connectivity index (χ3v) is 6.97. The molecule has 0 bridgehead atoms. The van der Waals surface area contributed by atoms with Gasteiger partial charge in [0.1, 0.15) is 24.1 Å². The Labute approximate surface area is 209 Å². The van der Waals surface area contributed by atoms with E-state index < -0.39 is 34.4 Å². The van der Waals surface area contributed by atoms with Gasteiger partial charge in [-0.15, -0.1) is 0 Å². The van der Waals surface area contributed by atoms with Crippen molar-refractivity contribution in [2.24, 2.45) is 0 Å². The molecule has 0 radical (unpaired) electrons. The Balaban J connectivity index is 2.51. The number of methoxy groups -OCH3 is 2. The van der Waals surface area contributed by atoms with Crippen molar-refractivity contribution in [2.75, 3.05) is 38.4 Å². The molecule has 34 heavy (non-hydrogen) atoms. The highest BCUT2D eigenvalue weighted by atomic mass is 35.5. The molecule has 2 aromatic carbocycles. The quantitative estimate of drug-likeness (QED) is 0.505. The second-order valence-corrected chi connectivity index (χ2v) is 10.0. The molecule has 2 rings (SSSR count). The van der Waals surface area contributed by atoms with Gasteiger partial charge >= 0.3 is 0 Å². The zero-order valence-electron chi connectivity index (χ0n) is 19.5. The van der Waals surface area contributed by atoms with Crippen LogP contribution in [0.3, 0.4) is 0 Å². The van der Waals surface area contributed by atoms with Gasteiger partial charge in [-0.25, -0.2) is 8.42 Å². The molecule has 0 aromatic heterocycles. The summed E-state index contributed by atoms with van der Waals surface area (Å²) in [6, 6.07) is 8.47. The van der Waals surface area contributed by atoms with Crippen LogP contribution in [0, 0.1) is 0 Å². The van der Waals surface area contributed by atoms with E-state index in [4.69, 9.17) is 32.7 Å². The van der Waals surface area contributed by atoms with Crippen LogP contribution in [-0.4, -0.2) is 65.2 Å². The third-order valence-electron chi connectivity index (χ3n) is 5.14. The van der Waals surface area contributed by atoms with E-state index in [2.05, 4.69) is 5.32 Å². The van der Waals surface area contributed by atoms with Gasteiger partial charge in [0, 0.05) is 35.3 Å². The molecule has 0 aliphatic rings. The molecule has 0 heterocycles. The molecule has 0 aliphatic heterocycles. The maximum Gasteiger partial charge on any atom is 0.244 e. The molecule has 0 aliphatic carbocycles. The number of hydrogen-bond acceptors (Lipinski definition) is 6. The minimum Gasteiger partial charge on any atom is -0.497 e. The van der Waals surface area contributed by atoms with Crippen LogP contribution in [0.25, 0.3) is 0 Å². The van der Waals surface area contributed by atoms with Crippen LogP contribution in [0.2, 0.25) is 10.0 Å². The predicted molar refractivity (Wildman–Crippen MR) is 132 cm³/mol. The van der Waals surface area contributed by atoms with Crippen LogP contribution >= 0.6 is 23.2 Å². The van der Waals surface area contributed by atoms with Crippen molar-refractivity contribution < 1.29 is 27.5 Å². The topological polar surface area (TPSA) is 105 Å². The number of benzene rings is 2. The van der Waals surface area contributed by atoms with Gasteiger partial charge in [-0.1, -0.05) is 29.3 Å². The number of halogens is 2. The molecular weight excluding hydrogens is 505 g/mol. The van der Waals surface area contributed by atoms with Crippen LogP contribution in [0.15, 0.2) is 36.4 Å². The number of anilines is 1. The number of likely N-dealkylation sites (N-methyl/N-ethyl adjacent to an activating group) is 1. The zero-order valence-corrected chi connectivity index (χ0v) is 21.8. The average molecular weight is 532 g/mol. The van der Waals surface area contributed by atoms with Crippen molar-refractivity contribution in [3.63, 3.8) is 0 Å². The van der Waals surface area contributed by atoms with E-state index in [1.165, 1.54) is 45.2 Å². The molecule has 9 nitrogen and oxygen atoms in total. The van der Waals surface area contributed by atoms with Gasteiger partial charge < -0.3 is 19.7 Å². The van der Waals surface area contributed by atoms with Gasteiger partial charge in [0.2, 0.25) is 21.8 Å². The molecule has 12 heteroatoms. The van der Waals surface area contributed by atoms with Crippen LogP contribution in [0.4, 0.5) is 5.69 Å². The van der Waals surface area contributed by atoms with E-state index in [0.29, 0.717) is 21.4 Å². The molecule has 0 saturated carbocycles. The Morgan fingerprint density at radius 1 is 1.09 bits per heavy atom. The van der Waals surface area contributed by atoms with Crippen molar-refractivity contribution in [1.82, 2.24) is 10.2 Å². The van der Waals surface area contributed by atoms with Gasteiger partial charge in [0.25, 0.3) is 0 Å². The minimum atomic E-state index is -3.93. The highest BCUT2D eigenvalue weighted by Crippen LogP contribution is 2.34. The van der Waals surface area contributed by atoms with Gasteiger partial charge in [0.15, 0.2) is 0 Å². The van der Waals surface area contributed by atoms with E-state index >= 15 is 0 Å². The fourth-order valence-electron chi connectivity index (χ4n) is 3.23. The summed E-state index contributed by atoms with van der Waals surface area (Å²) < 4.78 is 36.8. The lowest BCUT2D eigenvalue weighted by atomic mass is 10.1. The summed E-state index contributed by atoms with van der Waals surface area (Å²) in [7, 11) is 0.350. The maximum atomic E-state index is 13.5. The molecular formula is C22H27Cl2N3O6S. The van der Waals surface area contributed by atoms with Gasteiger partial charge in [-0.2, -0.15) is 0 Å². The first-order valence-electron chi connectivity index (χ1n) is 10.1. The lowest BCUT2D eigenvalue weighted by molar-refractivity contribution is -0.139. The van der Waals surface area contributed by atoms with Crippen LogP contribution in [-0.2, 0) is 26.2 Å². The molecule has 0 spiro atoms. The van der Waals surface area contributed by atoms with Crippen LogP contribution < -0.4 is 19.1 Å². The van der Waals surface area contributed by atoms with Gasteiger partial charge in [-0.3, -0.25) is 13.9 Å². The molecule has 2 aromatic rings. The Morgan fingerprint density at radius 2 is 1.71 bits per heavy atom. The lowest BCUT2D eigenvalue weighted by Gasteiger charge is -2.32. The Morgan fingerprint density at radius 3 is 2.21 bits per heavy atom. The summed E-state index contributed by atoms with van der Waals surface area (Å²) >= 11 is 12.6. The smallest absolute Gasteiger partial charge is 0.244 e. The first-order valence-corrected chi connectivity index (χ1v) is 12.7. The highest BCUT2D eigenvalue weighted by Gasteiger charge is 2.31. The molecule has 0 saturated heterocycles. The fourth-order valence-corrected chi connectivity index (χ4v) is 4.60. The zero-order chi connectivity index (χ0) is 25.6. The van der Waals surface area contributed by atoms with Gasteiger partial charge in [-0.05, 0) is 31.2 Å². The summed E-state index contributed by atoms with van der Waals surface area (Å²) in [6.07, 6.45) is 0.974. The summed E-state index contributed by atoms with van der Waals surface area (Å²) in [5.74, 6) is -0.443. The highest BCUT2D eigenvalue weighted by molar-refractivity contribution is 7.92. The number of nitrogens with one attached hydrogen (secondary N) is 1. The first kappa shape index (κ1) is 27.6. The summed E-state index contributed by atoms with van der Waals surface area (Å²) in [6.45, 7) is 0.828. The Kier molecular flexibility index (Phi) is 9.43. The van der Waals surface area contributed by atoms with Crippen LogP contribution in [0.1, 0.15) is 12.5 Å². The predicted octanol–water partition coefficient (Wildman–Crippen LogP) is 2.94. The number of rotatable bonds is 10. The number of nitrogens with zero attached hydrogens (tertiary/aromatic N) is 2. The second-order valence-electron chi connectivity index (χ2n) is 7.32. The number of ether oxygens (including phenoxy) is 2. The largest absolute Gasteiger partial charge is 0.497 e. The van der Waals surface area contributed by atoms with E-state index in [1.807, 2.05) is 0 Å². The van der Waals surface area contributed by atoms with E-state index in [-0.39, 0.29) is 18.0 Å². The number of carbonyl (C=O) groups excluding carboxylic acids is 2. The second kappa shape index (κ2) is 11.6. The lowest BCUT2D eigenvalue weighted by Crippen LogP contribution is -2.50.